The predicted molar refractivity (Wildman–Crippen MR) is 58.4 cm³/mol. The van der Waals surface area contributed by atoms with E-state index in [0.29, 0.717) is 0 Å². The fourth-order valence-electron chi connectivity index (χ4n) is 1.15. The maximum atomic E-state index is 13.4. The minimum Gasteiger partial charge on any atom is -0.314 e. The Kier molecular flexibility index (Phi) is 3.14. The lowest BCUT2D eigenvalue weighted by atomic mass is 10.3. The van der Waals surface area contributed by atoms with Crippen molar-refractivity contribution in [1.82, 2.24) is 15.2 Å². The zero-order valence-corrected chi connectivity index (χ0v) is 9.75. The van der Waals surface area contributed by atoms with Crippen LogP contribution in [0.1, 0.15) is 10.6 Å². The molecule has 88 valence electrons. The fourth-order valence-corrected chi connectivity index (χ4v) is 1.55. The molecule has 8 heteroatoms. The first-order valence-corrected chi connectivity index (χ1v) is 5.18. The van der Waals surface area contributed by atoms with E-state index < -0.39 is 23.2 Å². The van der Waals surface area contributed by atoms with Crippen molar-refractivity contribution in [3.05, 3.63) is 40.4 Å². The maximum Gasteiger partial charge on any atom is 0.293 e. The first kappa shape index (κ1) is 11.6. The second kappa shape index (κ2) is 4.58. The summed E-state index contributed by atoms with van der Waals surface area (Å²) in [4.78, 5) is 15.0. The van der Waals surface area contributed by atoms with Crippen LogP contribution in [0.15, 0.2) is 22.9 Å². The molecule has 2 rings (SSSR count). The summed E-state index contributed by atoms with van der Waals surface area (Å²) in [5.74, 6) is -2.68. The van der Waals surface area contributed by atoms with Crippen LogP contribution in [0.5, 0.6) is 0 Å². The quantitative estimate of drug-likeness (QED) is 0.892. The number of aromatic amines is 1. The molecule has 0 atom stereocenters. The second-order valence-electron chi connectivity index (χ2n) is 3.03. The molecule has 1 amide bonds. The third-order valence-electron chi connectivity index (χ3n) is 1.88. The number of hydrogen-bond acceptors (Lipinski definition) is 3. The van der Waals surface area contributed by atoms with Crippen LogP contribution in [-0.2, 0) is 0 Å². The molecule has 1 aromatic carbocycles. The summed E-state index contributed by atoms with van der Waals surface area (Å²) in [5.41, 5.74) is -0.533. The molecule has 2 N–H and O–H groups in total. The van der Waals surface area contributed by atoms with Crippen LogP contribution < -0.4 is 5.32 Å². The summed E-state index contributed by atoms with van der Waals surface area (Å²) in [6, 6.07) is 2.08. The molecule has 0 aliphatic carbocycles. The number of amides is 1. The first-order chi connectivity index (χ1) is 8.08. The van der Waals surface area contributed by atoms with Crippen LogP contribution >= 0.6 is 15.9 Å². The molecule has 0 aliphatic heterocycles. The van der Waals surface area contributed by atoms with E-state index in [1.54, 1.807) is 0 Å². The Labute approximate surface area is 102 Å². The highest BCUT2D eigenvalue weighted by atomic mass is 79.9. The van der Waals surface area contributed by atoms with Crippen LogP contribution in [0.4, 0.5) is 14.5 Å². The van der Waals surface area contributed by atoms with Gasteiger partial charge in [0.05, 0.1) is 0 Å². The monoisotopic (exact) mass is 302 g/mol. The summed E-state index contributed by atoms with van der Waals surface area (Å²) in [7, 11) is 0. The Bertz CT molecular complexity index is 535. The van der Waals surface area contributed by atoms with Gasteiger partial charge in [-0.15, -0.1) is 0 Å². The van der Waals surface area contributed by atoms with Crippen molar-refractivity contribution in [3.8, 4) is 0 Å². The first-order valence-electron chi connectivity index (χ1n) is 4.39. The van der Waals surface area contributed by atoms with Gasteiger partial charge in [-0.3, -0.25) is 9.89 Å². The average molecular weight is 303 g/mol. The van der Waals surface area contributed by atoms with Gasteiger partial charge < -0.3 is 5.32 Å². The molecule has 2 aromatic rings. The number of nitrogens with one attached hydrogen (secondary N) is 2. The summed E-state index contributed by atoms with van der Waals surface area (Å²) in [5, 5.41) is 7.80. The van der Waals surface area contributed by atoms with Gasteiger partial charge in [0, 0.05) is 4.47 Å². The number of rotatable bonds is 2. The van der Waals surface area contributed by atoms with Gasteiger partial charge in [0.25, 0.3) is 5.91 Å². The fraction of sp³-hybridized carbons (Fsp3) is 0. The van der Waals surface area contributed by atoms with E-state index in [1.807, 2.05) is 0 Å². The van der Waals surface area contributed by atoms with Gasteiger partial charge in [-0.05, 0) is 12.1 Å². The zero-order valence-electron chi connectivity index (χ0n) is 8.17. The highest BCUT2D eigenvalue weighted by Crippen LogP contribution is 2.23. The van der Waals surface area contributed by atoms with Gasteiger partial charge in [-0.25, -0.2) is 13.8 Å². The number of hydrogen-bond donors (Lipinski definition) is 2. The Morgan fingerprint density at radius 1 is 1.35 bits per heavy atom. The zero-order chi connectivity index (χ0) is 12.4. The SMILES string of the molecule is O=C(Nc1c(F)cc(Br)cc1F)c1ncn[nH]1. The van der Waals surface area contributed by atoms with Gasteiger partial charge in [-0.2, -0.15) is 5.10 Å². The van der Waals surface area contributed by atoms with Crippen molar-refractivity contribution in [1.29, 1.82) is 0 Å². The number of aromatic nitrogens is 3. The summed E-state index contributed by atoms with van der Waals surface area (Å²) in [6.07, 6.45) is 1.11. The molecule has 0 unspecified atom stereocenters. The van der Waals surface area contributed by atoms with Crippen molar-refractivity contribution in [2.45, 2.75) is 0 Å². The van der Waals surface area contributed by atoms with Crippen molar-refractivity contribution in [3.63, 3.8) is 0 Å². The molecule has 0 fully saturated rings. The van der Waals surface area contributed by atoms with Crippen molar-refractivity contribution in [2.75, 3.05) is 5.32 Å². The minimum atomic E-state index is -0.884. The Morgan fingerprint density at radius 2 is 2.00 bits per heavy atom. The van der Waals surface area contributed by atoms with Gasteiger partial charge in [0.1, 0.15) is 12.0 Å². The van der Waals surface area contributed by atoms with Crippen molar-refractivity contribution >= 4 is 27.5 Å². The highest BCUT2D eigenvalue weighted by Gasteiger charge is 2.16. The van der Waals surface area contributed by atoms with Crippen LogP contribution in [-0.4, -0.2) is 21.1 Å². The summed E-state index contributed by atoms with van der Waals surface area (Å²) < 4.78 is 27.0. The molecular formula is C9H5BrF2N4O. The highest BCUT2D eigenvalue weighted by molar-refractivity contribution is 9.10. The molecule has 0 bridgehead atoms. The number of anilines is 1. The molecule has 0 saturated heterocycles. The number of benzene rings is 1. The predicted octanol–water partition coefficient (Wildman–Crippen LogP) is 2.10. The molecule has 1 aromatic heterocycles. The smallest absolute Gasteiger partial charge is 0.293 e. The van der Waals surface area contributed by atoms with E-state index in [1.165, 1.54) is 0 Å². The van der Waals surface area contributed by atoms with Gasteiger partial charge in [0.2, 0.25) is 5.82 Å². The number of carbonyl (C=O) groups is 1. The van der Waals surface area contributed by atoms with E-state index in [2.05, 4.69) is 36.4 Å². The summed E-state index contributed by atoms with van der Waals surface area (Å²) >= 11 is 2.93. The van der Waals surface area contributed by atoms with Crippen molar-refractivity contribution in [2.24, 2.45) is 0 Å². The summed E-state index contributed by atoms with van der Waals surface area (Å²) in [6.45, 7) is 0. The van der Waals surface area contributed by atoms with E-state index in [0.717, 1.165) is 18.5 Å². The Morgan fingerprint density at radius 3 is 2.53 bits per heavy atom. The van der Waals surface area contributed by atoms with Crippen LogP contribution in [0, 0.1) is 11.6 Å². The lowest BCUT2D eigenvalue weighted by Crippen LogP contribution is -2.16. The third-order valence-corrected chi connectivity index (χ3v) is 2.33. The van der Waals surface area contributed by atoms with Crippen LogP contribution in [0.25, 0.3) is 0 Å². The minimum absolute atomic E-state index is 0.133. The normalized spacial score (nSPS) is 10.3. The molecule has 1 heterocycles. The van der Waals surface area contributed by atoms with Crippen LogP contribution in [0.2, 0.25) is 0 Å². The molecule has 5 nitrogen and oxygen atoms in total. The Hall–Kier alpha value is -1.83. The molecule has 0 radical (unpaired) electrons. The number of nitrogens with zero attached hydrogens (tertiary/aromatic N) is 2. The van der Waals surface area contributed by atoms with E-state index >= 15 is 0 Å². The van der Waals surface area contributed by atoms with E-state index in [-0.39, 0.29) is 10.3 Å². The second-order valence-corrected chi connectivity index (χ2v) is 3.95. The number of halogens is 3. The van der Waals surface area contributed by atoms with E-state index in [9.17, 15) is 13.6 Å². The topological polar surface area (TPSA) is 70.7 Å². The Balaban J connectivity index is 2.28. The maximum absolute atomic E-state index is 13.4. The lowest BCUT2D eigenvalue weighted by molar-refractivity contribution is 0.101. The van der Waals surface area contributed by atoms with Gasteiger partial charge >= 0.3 is 0 Å². The van der Waals surface area contributed by atoms with Crippen LogP contribution in [0.3, 0.4) is 0 Å². The molecular weight excluding hydrogens is 298 g/mol. The number of H-pyrrole nitrogens is 1. The van der Waals surface area contributed by atoms with E-state index in [4.69, 9.17) is 0 Å². The largest absolute Gasteiger partial charge is 0.314 e. The molecule has 17 heavy (non-hydrogen) atoms. The lowest BCUT2D eigenvalue weighted by Gasteiger charge is -2.06. The average Bonchev–Trinajstić information content (AvgIpc) is 2.76. The molecule has 0 spiro atoms. The third kappa shape index (κ3) is 2.47. The molecule has 0 saturated carbocycles. The number of carbonyl (C=O) groups excluding carboxylic acids is 1. The van der Waals surface area contributed by atoms with Crippen molar-refractivity contribution < 1.29 is 13.6 Å². The molecule has 0 aliphatic rings. The van der Waals surface area contributed by atoms with Gasteiger partial charge in [-0.1, -0.05) is 15.9 Å². The van der Waals surface area contributed by atoms with Gasteiger partial charge in [0.15, 0.2) is 11.6 Å². The standard InChI is InChI=1S/C9H5BrF2N4O/c10-4-1-5(11)7(6(12)2-4)15-9(17)8-13-3-14-16-8/h1-3H,(H,15,17)(H,13,14,16).